The molecule has 0 aliphatic heterocycles. The first-order chi connectivity index (χ1) is 12.3. The number of aromatic nitrogens is 4. The van der Waals surface area contributed by atoms with Crippen LogP contribution in [0.5, 0.6) is 5.75 Å². The van der Waals surface area contributed by atoms with Gasteiger partial charge in [0.05, 0.1) is 5.52 Å². The molecule has 0 aliphatic carbocycles. The second-order valence-corrected chi connectivity index (χ2v) is 5.56. The van der Waals surface area contributed by atoms with Crippen molar-refractivity contribution < 1.29 is 9.13 Å². The summed E-state index contributed by atoms with van der Waals surface area (Å²) in [5.74, 6) is 1.82. The molecule has 25 heavy (non-hydrogen) atoms. The number of pyridine rings is 3. The highest BCUT2D eigenvalue weighted by molar-refractivity contribution is 6.06. The lowest BCUT2D eigenvalue weighted by Crippen LogP contribution is -2.01. The zero-order chi connectivity index (χ0) is 17.2. The van der Waals surface area contributed by atoms with E-state index in [1.165, 1.54) is 0 Å². The van der Waals surface area contributed by atoms with Crippen LogP contribution in [0.3, 0.4) is 0 Å². The topological polar surface area (TPSA) is 64.9 Å². The average molecular weight is 336 g/mol. The van der Waals surface area contributed by atoms with Gasteiger partial charge in [0.2, 0.25) is 0 Å². The number of alkyl halides is 1. The highest BCUT2D eigenvalue weighted by Crippen LogP contribution is 2.28. The van der Waals surface area contributed by atoms with Crippen molar-refractivity contribution in [2.24, 2.45) is 7.05 Å². The van der Waals surface area contributed by atoms with Crippen LogP contribution in [0.15, 0.2) is 48.9 Å². The van der Waals surface area contributed by atoms with Crippen molar-refractivity contribution in [2.75, 3.05) is 18.6 Å². The van der Waals surface area contributed by atoms with Crippen LogP contribution in [0.1, 0.15) is 0 Å². The number of halogens is 1. The average Bonchev–Trinajstić information content (AvgIpc) is 2.93. The Labute approximate surface area is 143 Å². The number of aryl methyl sites for hydroxylation is 1. The molecule has 1 N–H and O–H groups in total. The van der Waals surface area contributed by atoms with Crippen molar-refractivity contribution in [1.29, 1.82) is 0 Å². The van der Waals surface area contributed by atoms with Crippen LogP contribution in [0.2, 0.25) is 0 Å². The van der Waals surface area contributed by atoms with E-state index in [9.17, 15) is 4.39 Å². The van der Waals surface area contributed by atoms with E-state index < -0.39 is 6.67 Å². The number of fused-ring (bicyclic) bond motifs is 3. The van der Waals surface area contributed by atoms with E-state index in [0.29, 0.717) is 17.4 Å². The molecule has 0 aliphatic rings. The Kier molecular flexibility index (Phi) is 3.89. The number of nitrogens with zero attached hydrogens (tertiary/aromatic N) is 4. The van der Waals surface area contributed by atoms with Crippen LogP contribution in [-0.4, -0.2) is 32.8 Å². The molecule has 4 heterocycles. The number of anilines is 2. The van der Waals surface area contributed by atoms with Crippen LogP contribution >= 0.6 is 0 Å². The Morgan fingerprint density at radius 1 is 1.12 bits per heavy atom. The van der Waals surface area contributed by atoms with Gasteiger partial charge in [-0.05, 0) is 24.3 Å². The van der Waals surface area contributed by atoms with E-state index in [0.717, 1.165) is 21.9 Å². The molecule has 0 spiro atoms. The zero-order valence-electron chi connectivity index (χ0n) is 13.6. The Balaban J connectivity index is 1.68. The largest absolute Gasteiger partial charge is 0.491 e. The summed E-state index contributed by atoms with van der Waals surface area (Å²) in [6.07, 6.45) is 5.23. The predicted molar refractivity (Wildman–Crippen MR) is 95.0 cm³/mol. The quantitative estimate of drug-likeness (QED) is 0.603. The molecule has 0 saturated heterocycles. The fourth-order valence-electron chi connectivity index (χ4n) is 2.84. The van der Waals surface area contributed by atoms with E-state index in [4.69, 9.17) is 4.74 Å². The Morgan fingerprint density at radius 2 is 2.04 bits per heavy atom. The fourth-order valence-corrected chi connectivity index (χ4v) is 2.84. The molecule has 4 rings (SSSR count). The van der Waals surface area contributed by atoms with Gasteiger partial charge >= 0.3 is 0 Å². The summed E-state index contributed by atoms with van der Waals surface area (Å²) in [6.45, 7) is -0.503. The van der Waals surface area contributed by atoms with Crippen LogP contribution in [-0.2, 0) is 7.05 Å². The minimum Gasteiger partial charge on any atom is -0.491 e. The first kappa shape index (κ1) is 15.3. The number of rotatable bonds is 5. The lowest BCUT2D eigenvalue weighted by atomic mass is 10.2. The highest BCUT2D eigenvalue weighted by Gasteiger charge is 2.10. The smallest absolute Gasteiger partial charge is 0.143 e. The Bertz CT molecular complexity index is 1050. The van der Waals surface area contributed by atoms with E-state index in [1.54, 1.807) is 24.5 Å². The predicted octanol–water partition coefficient (Wildman–Crippen LogP) is 3.61. The molecule has 7 heteroatoms. The summed E-state index contributed by atoms with van der Waals surface area (Å²) in [7, 11) is 1.98. The van der Waals surface area contributed by atoms with Gasteiger partial charge in [0, 0.05) is 42.5 Å². The molecule has 0 fully saturated rings. The fraction of sp³-hybridized carbons (Fsp3) is 0.167. The molecule has 0 aromatic carbocycles. The first-order valence-electron chi connectivity index (χ1n) is 7.87. The monoisotopic (exact) mass is 336 g/mol. The van der Waals surface area contributed by atoms with Gasteiger partial charge in [-0.15, -0.1) is 0 Å². The molecule has 0 saturated carbocycles. The minimum absolute atomic E-state index is 0.0254. The molecule has 4 aromatic rings. The second-order valence-electron chi connectivity index (χ2n) is 5.56. The van der Waals surface area contributed by atoms with Crippen molar-refractivity contribution in [3.8, 4) is 5.75 Å². The SMILES string of the molecule is Cn1c2ccncc2c2ccc(Nc3cc(OCC[18F])ccn3)nc21. The van der Waals surface area contributed by atoms with Crippen LogP contribution in [0, 0.1) is 0 Å². The van der Waals surface area contributed by atoms with Gasteiger partial charge in [-0.25, -0.2) is 14.4 Å². The molecular formula is C18H16FN5O. The molecule has 6 nitrogen and oxygen atoms in total. The van der Waals surface area contributed by atoms with Crippen molar-refractivity contribution in [1.82, 2.24) is 19.5 Å². The molecular weight excluding hydrogens is 320 g/mol. The number of hydrogen-bond acceptors (Lipinski definition) is 5. The van der Waals surface area contributed by atoms with Gasteiger partial charge in [-0.3, -0.25) is 4.98 Å². The second kappa shape index (κ2) is 6.35. The molecule has 0 unspecified atom stereocenters. The molecule has 0 radical (unpaired) electrons. The molecule has 4 aromatic heterocycles. The third-order valence-electron chi connectivity index (χ3n) is 3.98. The number of nitrogens with one attached hydrogen (secondary N) is 1. The third-order valence-corrected chi connectivity index (χ3v) is 3.98. The van der Waals surface area contributed by atoms with Crippen molar-refractivity contribution in [3.05, 3.63) is 48.9 Å². The zero-order valence-corrected chi connectivity index (χ0v) is 13.6. The number of ether oxygens (including phenoxy) is 1. The van der Waals surface area contributed by atoms with Crippen LogP contribution in [0.4, 0.5) is 16.0 Å². The van der Waals surface area contributed by atoms with Gasteiger partial charge < -0.3 is 14.6 Å². The van der Waals surface area contributed by atoms with Gasteiger partial charge in [0.1, 0.15) is 36.3 Å². The van der Waals surface area contributed by atoms with Gasteiger partial charge in [0.15, 0.2) is 0 Å². The van der Waals surface area contributed by atoms with E-state index in [1.807, 2.05) is 36.0 Å². The molecule has 126 valence electrons. The van der Waals surface area contributed by atoms with Gasteiger partial charge in [-0.1, -0.05) is 0 Å². The molecule has 0 atom stereocenters. The summed E-state index contributed by atoms with van der Waals surface area (Å²) in [5.41, 5.74) is 1.94. The standard InChI is InChI=1S/C18H16FN5O/c1-24-15-5-7-20-11-14(15)13-2-3-16(23-18(13)24)22-17-10-12(4-8-21-17)25-9-6-19/h2-5,7-8,10-11H,6,9H2,1H3,(H,21,22,23)/i19-1. The highest BCUT2D eigenvalue weighted by atomic mass is 18.2. The molecule has 0 amide bonds. The van der Waals surface area contributed by atoms with E-state index in [2.05, 4.69) is 20.3 Å². The lowest BCUT2D eigenvalue weighted by molar-refractivity contribution is 0.273. The normalized spacial score (nSPS) is 11.1. The number of hydrogen-bond donors (Lipinski definition) is 1. The maximum Gasteiger partial charge on any atom is 0.143 e. The minimum atomic E-state index is -0.529. The van der Waals surface area contributed by atoms with Crippen molar-refractivity contribution in [3.63, 3.8) is 0 Å². The maximum absolute atomic E-state index is 12.2. The van der Waals surface area contributed by atoms with Crippen LogP contribution < -0.4 is 10.1 Å². The van der Waals surface area contributed by atoms with Crippen molar-refractivity contribution >= 4 is 33.6 Å². The van der Waals surface area contributed by atoms with Crippen molar-refractivity contribution in [2.45, 2.75) is 0 Å². The summed E-state index contributed by atoms with van der Waals surface area (Å²) in [4.78, 5) is 13.1. The van der Waals surface area contributed by atoms with Crippen LogP contribution in [0.25, 0.3) is 21.9 Å². The Morgan fingerprint density at radius 3 is 2.92 bits per heavy atom. The molecule has 0 bridgehead atoms. The van der Waals surface area contributed by atoms with Gasteiger partial charge in [-0.2, -0.15) is 0 Å². The summed E-state index contributed by atoms with van der Waals surface area (Å²) in [5, 5.41) is 5.27. The Hall–Kier alpha value is -3.22. The maximum atomic E-state index is 12.2. The van der Waals surface area contributed by atoms with E-state index >= 15 is 0 Å². The van der Waals surface area contributed by atoms with Gasteiger partial charge in [0.25, 0.3) is 0 Å². The summed E-state index contributed by atoms with van der Waals surface area (Å²) in [6, 6.07) is 9.28. The summed E-state index contributed by atoms with van der Waals surface area (Å²) >= 11 is 0. The van der Waals surface area contributed by atoms with E-state index in [-0.39, 0.29) is 6.61 Å². The third kappa shape index (κ3) is 2.84. The first-order valence-corrected chi connectivity index (χ1v) is 7.87. The summed E-state index contributed by atoms with van der Waals surface area (Å²) < 4.78 is 19.5. The lowest BCUT2D eigenvalue weighted by Gasteiger charge is -2.08.